The number of thioether (sulfide) groups is 1. The van der Waals surface area contributed by atoms with E-state index in [1.807, 2.05) is 32.9 Å². The molecular formula is C20H20N2O4S. The van der Waals surface area contributed by atoms with Crippen LogP contribution in [0.3, 0.4) is 0 Å². The summed E-state index contributed by atoms with van der Waals surface area (Å²) in [7, 11) is 0. The lowest BCUT2D eigenvalue weighted by atomic mass is 10.1. The predicted octanol–water partition coefficient (Wildman–Crippen LogP) is 3.91. The van der Waals surface area contributed by atoms with Crippen molar-refractivity contribution in [3.63, 3.8) is 0 Å². The van der Waals surface area contributed by atoms with Crippen molar-refractivity contribution >= 4 is 40.2 Å². The van der Waals surface area contributed by atoms with Crippen molar-refractivity contribution in [3.8, 4) is 5.75 Å². The number of hydrogen-bond acceptors (Lipinski definition) is 5. The summed E-state index contributed by atoms with van der Waals surface area (Å²) >= 11 is 0.852. The van der Waals surface area contributed by atoms with E-state index in [0.717, 1.165) is 33.4 Å². The molecule has 3 amide bonds. The third kappa shape index (κ3) is 3.98. The lowest BCUT2D eigenvalue weighted by molar-refractivity contribution is -0.121. The first kappa shape index (κ1) is 19.0. The Labute approximate surface area is 161 Å². The normalized spacial score (nSPS) is 16.7. The number of benzene rings is 2. The van der Waals surface area contributed by atoms with Crippen LogP contribution < -0.4 is 10.2 Å². The van der Waals surface area contributed by atoms with E-state index in [1.54, 1.807) is 18.2 Å². The molecule has 1 saturated heterocycles. The third-order valence-electron chi connectivity index (χ3n) is 4.32. The van der Waals surface area contributed by atoms with Crippen LogP contribution in [0.25, 0.3) is 0 Å². The first-order valence-electron chi connectivity index (χ1n) is 8.47. The maximum absolute atomic E-state index is 12.7. The molecule has 2 aromatic carbocycles. The van der Waals surface area contributed by atoms with Gasteiger partial charge in [-0.05, 0) is 67.4 Å². The zero-order valence-corrected chi connectivity index (χ0v) is 16.1. The summed E-state index contributed by atoms with van der Waals surface area (Å²) in [6.07, 6.45) is -0.149. The Morgan fingerprint density at radius 3 is 2.52 bits per heavy atom. The highest BCUT2D eigenvalue weighted by Crippen LogP contribution is 2.35. The number of phenolic OH excluding ortho intramolecular Hbond substituents is 1. The number of anilines is 2. The Morgan fingerprint density at radius 2 is 1.78 bits per heavy atom. The second-order valence-corrected chi connectivity index (χ2v) is 7.76. The number of hydrogen-bond donors (Lipinski definition) is 2. The molecule has 140 valence electrons. The van der Waals surface area contributed by atoms with Gasteiger partial charge >= 0.3 is 0 Å². The maximum Gasteiger partial charge on any atom is 0.293 e. The van der Waals surface area contributed by atoms with Crippen molar-refractivity contribution in [2.24, 2.45) is 0 Å². The fourth-order valence-electron chi connectivity index (χ4n) is 2.88. The average molecular weight is 384 g/mol. The summed E-state index contributed by atoms with van der Waals surface area (Å²) in [5, 5.41) is 11.3. The fourth-order valence-corrected chi connectivity index (χ4v) is 3.86. The summed E-state index contributed by atoms with van der Waals surface area (Å²) in [4.78, 5) is 38.6. The van der Waals surface area contributed by atoms with Crippen LogP contribution in [-0.4, -0.2) is 27.4 Å². The molecule has 0 saturated carbocycles. The van der Waals surface area contributed by atoms with E-state index in [2.05, 4.69) is 5.32 Å². The van der Waals surface area contributed by atoms with Gasteiger partial charge in [-0.25, -0.2) is 4.90 Å². The second kappa shape index (κ2) is 7.44. The molecule has 0 bridgehead atoms. The molecule has 1 fully saturated rings. The van der Waals surface area contributed by atoms with Gasteiger partial charge in [0.25, 0.3) is 5.24 Å². The zero-order valence-electron chi connectivity index (χ0n) is 15.3. The van der Waals surface area contributed by atoms with Gasteiger partial charge in [0.15, 0.2) is 0 Å². The SMILES string of the molecule is Cc1ccc(O)c(NC(=O)CC2SC(=O)N(c3cc(C)ccc3C)C2=O)c1. The molecule has 27 heavy (non-hydrogen) atoms. The van der Waals surface area contributed by atoms with Crippen LogP contribution in [-0.2, 0) is 9.59 Å². The minimum atomic E-state index is -0.788. The topological polar surface area (TPSA) is 86.7 Å². The molecule has 0 aliphatic carbocycles. The number of rotatable bonds is 4. The smallest absolute Gasteiger partial charge is 0.293 e. The first-order valence-corrected chi connectivity index (χ1v) is 9.35. The number of aromatic hydroxyl groups is 1. The Kier molecular flexibility index (Phi) is 5.23. The van der Waals surface area contributed by atoms with Crippen molar-refractivity contribution in [1.82, 2.24) is 0 Å². The Hall–Kier alpha value is -2.80. The van der Waals surface area contributed by atoms with Gasteiger partial charge in [-0.2, -0.15) is 0 Å². The van der Waals surface area contributed by atoms with E-state index in [9.17, 15) is 19.5 Å². The number of aryl methyl sites for hydroxylation is 3. The highest BCUT2D eigenvalue weighted by Gasteiger charge is 2.42. The number of amides is 3. The predicted molar refractivity (Wildman–Crippen MR) is 106 cm³/mol. The van der Waals surface area contributed by atoms with Crippen LogP contribution in [0.2, 0.25) is 0 Å². The fraction of sp³-hybridized carbons (Fsp3) is 0.250. The summed E-state index contributed by atoms with van der Waals surface area (Å²) in [6.45, 7) is 5.56. The van der Waals surface area contributed by atoms with Crippen LogP contribution in [0.5, 0.6) is 5.75 Å². The highest BCUT2D eigenvalue weighted by atomic mass is 32.2. The molecule has 1 atom stereocenters. The number of imide groups is 1. The van der Waals surface area contributed by atoms with E-state index in [1.165, 1.54) is 6.07 Å². The molecule has 0 aromatic heterocycles. The summed E-state index contributed by atoms with van der Waals surface area (Å²) in [6, 6.07) is 10.4. The molecule has 1 aliphatic heterocycles. The van der Waals surface area contributed by atoms with Crippen LogP contribution in [0.4, 0.5) is 16.2 Å². The number of phenols is 1. The molecule has 2 aromatic rings. The molecule has 1 heterocycles. The zero-order chi connectivity index (χ0) is 19.7. The van der Waals surface area contributed by atoms with Gasteiger partial charge in [0.1, 0.15) is 11.0 Å². The Bertz CT molecular complexity index is 942. The van der Waals surface area contributed by atoms with Crippen LogP contribution in [0.1, 0.15) is 23.1 Å². The van der Waals surface area contributed by atoms with E-state index in [-0.39, 0.29) is 23.1 Å². The lowest BCUT2D eigenvalue weighted by Crippen LogP contribution is -2.33. The van der Waals surface area contributed by atoms with Crippen molar-refractivity contribution in [3.05, 3.63) is 53.1 Å². The van der Waals surface area contributed by atoms with Gasteiger partial charge in [-0.1, -0.05) is 18.2 Å². The molecule has 0 spiro atoms. The Balaban J connectivity index is 1.74. The average Bonchev–Trinajstić information content (AvgIpc) is 2.87. The minimum absolute atomic E-state index is 0.0487. The quantitative estimate of drug-likeness (QED) is 0.781. The molecule has 1 unspecified atom stereocenters. The minimum Gasteiger partial charge on any atom is -0.506 e. The van der Waals surface area contributed by atoms with Gasteiger partial charge in [0, 0.05) is 6.42 Å². The standard InChI is InChI=1S/C20H20N2O4S/c1-11-5-7-16(23)14(8-11)21-18(24)10-17-19(25)22(20(26)27-17)15-9-12(2)4-6-13(15)3/h4-9,17,23H,10H2,1-3H3,(H,21,24). The van der Waals surface area contributed by atoms with Crippen molar-refractivity contribution in [1.29, 1.82) is 0 Å². The number of carbonyl (C=O) groups is 3. The molecule has 6 nitrogen and oxygen atoms in total. The van der Waals surface area contributed by atoms with Crippen molar-refractivity contribution < 1.29 is 19.5 Å². The summed E-state index contributed by atoms with van der Waals surface area (Å²) in [5.41, 5.74) is 3.48. The molecular weight excluding hydrogens is 364 g/mol. The third-order valence-corrected chi connectivity index (χ3v) is 5.36. The number of nitrogens with zero attached hydrogens (tertiary/aromatic N) is 1. The van der Waals surface area contributed by atoms with Crippen molar-refractivity contribution in [2.45, 2.75) is 32.4 Å². The maximum atomic E-state index is 12.7. The van der Waals surface area contributed by atoms with E-state index in [0.29, 0.717) is 5.69 Å². The molecule has 2 N–H and O–H groups in total. The van der Waals surface area contributed by atoms with Gasteiger partial charge < -0.3 is 10.4 Å². The van der Waals surface area contributed by atoms with Crippen molar-refractivity contribution in [2.75, 3.05) is 10.2 Å². The monoisotopic (exact) mass is 384 g/mol. The first-order chi connectivity index (χ1) is 12.8. The van der Waals surface area contributed by atoms with Crippen LogP contribution in [0.15, 0.2) is 36.4 Å². The van der Waals surface area contributed by atoms with Gasteiger partial charge in [-0.15, -0.1) is 0 Å². The van der Waals surface area contributed by atoms with Crippen LogP contribution in [0, 0.1) is 20.8 Å². The molecule has 7 heteroatoms. The highest BCUT2D eigenvalue weighted by molar-refractivity contribution is 8.15. The van der Waals surface area contributed by atoms with Gasteiger partial charge in [0.2, 0.25) is 11.8 Å². The van der Waals surface area contributed by atoms with E-state index in [4.69, 9.17) is 0 Å². The largest absolute Gasteiger partial charge is 0.506 e. The van der Waals surface area contributed by atoms with Gasteiger partial charge in [-0.3, -0.25) is 14.4 Å². The Morgan fingerprint density at radius 1 is 1.11 bits per heavy atom. The number of nitrogens with one attached hydrogen (secondary N) is 1. The summed E-state index contributed by atoms with van der Waals surface area (Å²) in [5.74, 6) is -0.882. The second-order valence-electron chi connectivity index (χ2n) is 6.61. The molecule has 0 radical (unpaired) electrons. The van der Waals surface area contributed by atoms with Gasteiger partial charge in [0.05, 0.1) is 11.4 Å². The molecule has 3 rings (SSSR count). The summed E-state index contributed by atoms with van der Waals surface area (Å²) < 4.78 is 0. The van der Waals surface area contributed by atoms with E-state index < -0.39 is 17.1 Å². The number of carbonyl (C=O) groups excluding carboxylic acids is 3. The van der Waals surface area contributed by atoms with Crippen LogP contribution >= 0.6 is 11.8 Å². The van der Waals surface area contributed by atoms with E-state index >= 15 is 0 Å². The molecule has 1 aliphatic rings. The lowest BCUT2D eigenvalue weighted by Gasteiger charge is -2.17.